The molecule has 0 spiro atoms. The molecule has 3 saturated heterocycles. The summed E-state index contributed by atoms with van der Waals surface area (Å²) in [6.07, 6.45) is -2.66. The number of fused-ring (bicyclic) bond motifs is 5. The first-order valence-electron chi connectivity index (χ1n) is 23.7. The Morgan fingerprint density at radius 1 is 0.727 bits per heavy atom. The summed E-state index contributed by atoms with van der Waals surface area (Å²) in [7, 11) is 4.82. The molecule has 0 bridgehead atoms. The second kappa shape index (κ2) is 18.6. The zero-order valence-electron chi connectivity index (χ0n) is 39.8. The summed E-state index contributed by atoms with van der Waals surface area (Å²) in [6.45, 7) is 10.5. The summed E-state index contributed by atoms with van der Waals surface area (Å²) in [4.78, 5) is 27.0. The maximum atomic E-state index is 13.7. The fourth-order valence-corrected chi connectivity index (χ4v) is 13.2. The monoisotopic (exact) mass is 932 g/mol. The third kappa shape index (κ3) is 8.18. The number of aromatic hydroxyl groups is 1. The molecule has 370 valence electrons. The number of phenols is 1. The van der Waals surface area contributed by atoms with Crippen molar-refractivity contribution in [3.05, 3.63) is 41.5 Å². The lowest BCUT2D eigenvalue weighted by molar-refractivity contribution is -0.338. The number of phenolic OH excluding ortho intramolecular Hbond substituents is 1. The molecule has 3 saturated carbocycles. The minimum atomic E-state index is -2.07. The van der Waals surface area contributed by atoms with Crippen molar-refractivity contribution in [3.8, 4) is 5.75 Å². The number of aliphatic hydroxyl groups excluding tert-OH is 1. The van der Waals surface area contributed by atoms with Crippen LogP contribution in [0.3, 0.4) is 0 Å². The number of aliphatic hydroxyl groups is 4. The first-order valence-corrected chi connectivity index (χ1v) is 23.7. The van der Waals surface area contributed by atoms with E-state index in [1.807, 2.05) is 19.9 Å². The van der Waals surface area contributed by atoms with E-state index in [1.165, 1.54) is 31.2 Å². The van der Waals surface area contributed by atoms with E-state index in [0.29, 0.717) is 38.5 Å². The number of ketones is 1. The number of hydrogen-bond acceptors (Lipinski definition) is 17. The molecule has 8 rings (SSSR count). The van der Waals surface area contributed by atoms with Gasteiger partial charge >= 0.3 is 5.97 Å². The molecule has 17 nitrogen and oxygen atoms in total. The minimum absolute atomic E-state index is 0.0274. The Bertz CT molecular complexity index is 1950. The lowest BCUT2D eigenvalue weighted by Gasteiger charge is -2.67. The molecule has 66 heavy (non-hydrogen) atoms. The lowest BCUT2D eigenvalue weighted by Crippen LogP contribution is -2.78. The van der Waals surface area contributed by atoms with Gasteiger partial charge in [-0.3, -0.25) is 4.79 Å². The Morgan fingerprint density at radius 2 is 1.27 bits per heavy atom. The van der Waals surface area contributed by atoms with E-state index in [0.717, 1.165) is 5.57 Å². The molecule has 17 heteroatoms. The van der Waals surface area contributed by atoms with Gasteiger partial charge < -0.3 is 72.9 Å². The van der Waals surface area contributed by atoms with Crippen LogP contribution in [0.15, 0.2) is 35.9 Å². The summed E-state index contributed by atoms with van der Waals surface area (Å²) >= 11 is 0. The highest BCUT2D eigenvalue weighted by Gasteiger charge is 2.81. The van der Waals surface area contributed by atoms with Crippen LogP contribution >= 0.6 is 0 Å². The van der Waals surface area contributed by atoms with E-state index in [-0.39, 0.29) is 49.2 Å². The summed E-state index contributed by atoms with van der Waals surface area (Å²) in [5.41, 5.74) is -7.01. The summed E-state index contributed by atoms with van der Waals surface area (Å²) in [5.74, 6) is -1.94. The van der Waals surface area contributed by atoms with Crippen LogP contribution < -0.4 is 0 Å². The predicted octanol–water partition coefficient (Wildman–Crippen LogP) is 4.01. The first-order chi connectivity index (χ1) is 31.2. The zero-order chi connectivity index (χ0) is 47.7. The van der Waals surface area contributed by atoms with E-state index in [2.05, 4.69) is 6.92 Å². The molecular formula is C49H72O17. The fourth-order valence-electron chi connectivity index (χ4n) is 13.2. The molecule has 3 heterocycles. The van der Waals surface area contributed by atoms with Gasteiger partial charge in [0.15, 0.2) is 24.7 Å². The van der Waals surface area contributed by atoms with Gasteiger partial charge in [-0.05, 0) is 109 Å². The molecule has 5 N–H and O–H groups in total. The number of methoxy groups -OCH3 is 3. The van der Waals surface area contributed by atoms with Crippen molar-refractivity contribution in [3.63, 3.8) is 0 Å². The molecule has 0 radical (unpaired) electrons. The molecule has 3 aliphatic heterocycles. The highest BCUT2D eigenvalue weighted by Crippen LogP contribution is 2.71. The van der Waals surface area contributed by atoms with Crippen molar-refractivity contribution in [1.29, 1.82) is 0 Å². The quantitative estimate of drug-likeness (QED) is 0.147. The fraction of sp³-hybridized carbons (Fsp3) is 0.796. The molecule has 7 aliphatic rings. The van der Waals surface area contributed by atoms with Gasteiger partial charge in [-0.2, -0.15) is 0 Å². The minimum Gasteiger partial charge on any atom is -0.508 e. The van der Waals surface area contributed by atoms with Gasteiger partial charge in [0.25, 0.3) is 0 Å². The summed E-state index contributed by atoms with van der Waals surface area (Å²) < 4.78 is 62.1. The summed E-state index contributed by atoms with van der Waals surface area (Å²) in [6, 6.07) is 5.59. The molecule has 6 fully saturated rings. The first kappa shape index (κ1) is 49.8. The van der Waals surface area contributed by atoms with Crippen LogP contribution in [0.4, 0.5) is 0 Å². The van der Waals surface area contributed by atoms with Crippen molar-refractivity contribution in [2.75, 3.05) is 21.3 Å². The van der Waals surface area contributed by atoms with E-state index < -0.39 is 119 Å². The molecule has 0 amide bonds. The highest BCUT2D eigenvalue weighted by atomic mass is 16.7. The third-order valence-corrected chi connectivity index (χ3v) is 17.2. The number of hydrogen-bond donors (Lipinski definition) is 5. The van der Waals surface area contributed by atoms with Crippen molar-refractivity contribution in [1.82, 2.24) is 0 Å². The van der Waals surface area contributed by atoms with Crippen LogP contribution in [0, 0.1) is 16.7 Å². The normalized spacial score (nSPS) is 48.1. The standard InChI is InChI=1S/C49H72O17/c1-25-41(52)33(57-7)21-39(60-25)65-43-27(3)62-40(23-35(43)59-9)66-42-26(2)61-38(22-34(42)58-8)63-32-15-16-45(5)30(20-32)14-17-48(55)36(45)24-37(64-44(53)29-10-12-31(51)13-11-29)46(6)47(54,28(4)50)18-19-49(46,48)56/h10-14,25-27,32-43,51-52,54-56H,15-24H2,1-9H3/t25-,26-,27-,32+,33-,34+,35-,36-,37-,38+,39+,40+,41-,42-,43-,45+,46-,47-,48+,49-/m1/s1. The zero-order valence-corrected chi connectivity index (χ0v) is 39.8. The second-order valence-electron chi connectivity index (χ2n) is 20.5. The van der Waals surface area contributed by atoms with Crippen molar-refractivity contribution >= 4 is 11.8 Å². The average molecular weight is 933 g/mol. The van der Waals surface area contributed by atoms with Gasteiger partial charge in [0.05, 0.1) is 53.7 Å². The lowest BCUT2D eigenvalue weighted by atomic mass is 9.42. The molecule has 1 aromatic rings. The molecular weight excluding hydrogens is 861 g/mol. The SMILES string of the molecule is CO[C@H]1C[C@H](O[C@H]2CC[C@@]3(C)C(=CC[C@]4(O)[C@@H]3C[C@@H](OC(=O)c3ccc(O)cc3)[C@@]3(C)[C@]4(O)CC[C@@]3(O)C(C)=O)C2)O[C@H](C)[C@H]1O[C@H]1C[C@@H](OC)[C@H](O[C@H]2C[C@@H](OC)[C@H](O)[C@@H](C)O2)[C@@H](C)O1. The van der Waals surface area contributed by atoms with Crippen molar-refractivity contribution < 1.29 is 82.5 Å². The van der Waals surface area contributed by atoms with Crippen LogP contribution in [0.2, 0.25) is 0 Å². The van der Waals surface area contributed by atoms with Crippen LogP contribution in [-0.4, -0.2) is 161 Å². The maximum absolute atomic E-state index is 13.7. The number of rotatable bonds is 12. The average Bonchev–Trinajstić information content (AvgIpc) is 3.51. The Kier molecular flexibility index (Phi) is 14.0. The van der Waals surface area contributed by atoms with Gasteiger partial charge in [-0.25, -0.2) is 4.79 Å². The van der Waals surface area contributed by atoms with Crippen LogP contribution in [-0.2, 0) is 52.2 Å². The highest BCUT2D eigenvalue weighted by molar-refractivity contribution is 5.90. The number of esters is 1. The summed E-state index contributed by atoms with van der Waals surface area (Å²) in [5, 5.41) is 58.2. The maximum Gasteiger partial charge on any atom is 0.338 e. The smallest absolute Gasteiger partial charge is 0.338 e. The number of carbonyl (C=O) groups is 2. The Morgan fingerprint density at radius 3 is 1.83 bits per heavy atom. The van der Waals surface area contributed by atoms with Crippen LogP contribution in [0.1, 0.15) is 116 Å². The van der Waals surface area contributed by atoms with E-state index in [1.54, 1.807) is 35.2 Å². The Balaban J connectivity index is 0.927. The van der Waals surface area contributed by atoms with Crippen molar-refractivity contribution in [2.45, 2.75) is 209 Å². The molecule has 0 unspecified atom stereocenters. The Labute approximate surface area is 387 Å². The topological polar surface area (TPSA) is 228 Å². The Hall–Kier alpha value is -2.62. The van der Waals surface area contributed by atoms with E-state index in [4.69, 9.17) is 47.4 Å². The van der Waals surface area contributed by atoms with Gasteiger partial charge in [0.1, 0.15) is 47.0 Å². The molecule has 4 aliphatic carbocycles. The second-order valence-corrected chi connectivity index (χ2v) is 20.5. The third-order valence-electron chi connectivity index (χ3n) is 17.2. The number of ether oxygens (including phenoxy) is 10. The molecule has 0 aromatic heterocycles. The number of Topliss-reactive ketones (excluding diaryl/α,β-unsaturated/α-hetero) is 1. The van der Waals surface area contributed by atoms with E-state index in [9.17, 15) is 35.1 Å². The van der Waals surface area contributed by atoms with Gasteiger partial charge in [0.2, 0.25) is 0 Å². The van der Waals surface area contributed by atoms with Crippen LogP contribution in [0.25, 0.3) is 0 Å². The van der Waals surface area contributed by atoms with Gasteiger partial charge in [0, 0.05) is 46.5 Å². The van der Waals surface area contributed by atoms with Gasteiger partial charge in [-0.15, -0.1) is 0 Å². The predicted molar refractivity (Wildman–Crippen MR) is 233 cm³/mol. The van der Waals surface area contributed by atoms with E-state index >= 15 is 0 Å². The van der Waals surface area contributed by atoms with Crippen LogP contribution in [0.5, 0.6) is 5.75 Å². The largest absolute Gasteiger partial charge is 0.508 e. The molecule has 20 atom stereocenters. The molecule has 1 aromatic carbocycles. The number of benzene rings is 1. The number of carbonyl (C=O) groups excluding carboxylic acids is 2. The van der Waals surface area contributed by atoms with Crippen molar-refractivity contribution in [2.24, 2.45) is 16.7 Å². The van der Waals surface area contributed by atoms with Gasteiger partial charge in [-0.1, -0.05) is 18.6 Å².